The van der Waals surface area contributed by atoms with Crippen LogP contribution in [-0.2, 0) is 16.0 Å². The van der Waals surface area contributed by atoms with Crippen LogP contribution in [0, 0.1) is 0 Å². The highest BCUT2D eigenvalue weighted by molar-refractivity contribution is 7.09. The third-order valence-electron chi connectivity index (χ3n) is 3.13. The van der Waals surface area contributed by atoms with Crippen molar-refractivity contribution in [2.45, 2.75) is 12.5 Å². The quantitative estimate of drug-likeness (QED) is 0.830. The fraction of sp³-hybridized carbons (Fsp3) is 0.250. The third kappa shape index (κ3) is 3.85. The molecule has 1 heterocycles. The zero-order valence-electron chi connectivity index (χ0n) is 12.4. The van der Waals surface area contributed by atoms with E-state index in [0.717, 1.165) is 4.88 Å². The molecule has 1 aromatic heterocycles. The van der Waals surface area contributed by atoms with Gasteiger partial charge >= 0.3 is 5.97 Å². The van der Waals surface area contributed by atoms with E-state index in [-0.39, 0.29) is 5.91 Å². The van der Waals surface area contributed by atoms with E-state index in [4.69, 9.17) is 9.47 Å². The summed E-state index contributed by atoms with van der Waals surface area (Å²) in [6.07, 6.45) is 0.394. The molecule has 22 heavy (non-hydrogen) atoms. The predicted molar refractivity (Wildman–Crippen MR) is 84.3 cm³/mol. The number of para-hydroxylation sites is 1. The number of carbonyl (C=O) groups is 2. The van der Waals surface area contributed by atoms with Gasteiger partial charge in [-0.2, -0.15) is 0 Å². The Bertz CT molecular complexity index is 639. The highest BCUT2D eigenvalue weighted by Gasteiger charge is 2.24. The van der Waals surface area contributed by atoms with Gasteiger partial charge in [-0.3, -0.25) is 4.79 Å². The second-order valence-corrected chi connectivity index (χ2v) is 5.57. The van der Waals surface area contributed by atoms with Gasteiger partial charge in [0.15, 0.2) is 0 Å². The molecule has 0 saturated carbocycles. The van der Waals surface area contributed by atoms with Crippen LogP contribution in [0.1, 0.15) is 15.2 Å². The lowest BCUT2D eigenvalue weighted by Gasteiger charge is -2.16. The third-order valence-corrected chi connectivity index (χ3v) is 4.03. The summed E-state index contributed by atoms with van der Waals surface area (Å²) in [4.78, 5) is 25.3. The van der Waals surface area contributed by atoms with Gasteiger partial charge < -0.3 is 14.8 Å². The van der Waals surface area contributed by atoms with Crippen molar-refractivity contribution in [1.82, 2.24) is 5.32 Å². The molecular weight excluding hydrogens is 302 g/mol. The Kier molecular flexibility index (Phi) is 5.55. The second kappa shape index (κ2) is 7.61. The molecule has 2 rings (SSSR count). The van der Waals surface area contributed by atoms with E-state index in [1.54, 1.807) is 24.3 Å². The largest absolute Gasteiger partial charge is 0.496 e. The maximum atomic E-state index is 12.4. The Morgan fingerprint density at radius 2 is 1.95 bits per heavy atom. The van der Waals surface area contributed by atoms with Crippen LogP contribution in [-0.4, -0.2) is 32.1 Å². The fourth-order valence-electron chi connectivity index (χ4n) is 2.03. The number of hydrogen-bond donors (Lipinski definition) is 1. The Morgan fingerprint density at radius 3 is 2.59 bits per heavy atom. The van der Waals surface area contributed by atoms with Crippen LogP contribution >= 0.6 is 11.3 Å². The topological polar surface area (TPSA) is 64.6 Å². The SMILES string of the molecule is COC(=O)[C@@H](Cc1cccs1)NC(=O)c1ccccc1OC. The van der Waals surface area contributed by atoms with Gasteiger partial charge in [0, 0.05) is 11.3 Å². The van der Waals surface area contributed by atoms with E-state index in [1.807, 2.05) is 17.5 Å². The molecule has 116 valence electrons. The van der Waals surface area contributed by atoms with Gasteiger partial charge in [-0.15, -0.1) is 11.3 Å². The summed E-state index contributed by atoms with van der Waals surface area (Å²) in [5, 5.41) is 4.63. The lowest BCUT2D eigenvalue weighted by molar-refractivity contribution is -0.142. The van der Waals surface area contributed by atoms with E-state index in [0.29, 0.717) is 17.7 Å². The van der Waals surface area contributed by atoms with Crippen LogP contribution in [0.3, 0.4) is 0 Å². The molecule has 1 amide bonds. The lowest BCUT2D eigenvalue weighted by Crippen LogP contribution is -2.43. The minimum Gasteiger partial charge on any atom is -0.496 e. The number of carbonyl (C=O) groups excluding carboxylic acids is 2. The standard InChI is InChI=1S/C16H17NO4S/c1-20-14-8-4-3-7-12(14)15(18)17-13(16(19)21-2)10-11-6-5-9-22-11/h3-9,13H,10H2,1-2H3,(H,17,18)/t13-/m1/s1. The molecule has 0 aliphatic carbocycles. The summed E-state index contributed by atoms with van der Waals surface area (Å²) in [6.45, 7) is 0. The van der Waals surface area contributed by atoms with Crippen LogP contribution in [0.5, 0.6) is 5.75 Å². The van der Waals surface area contributed by atoms with E-state index < -0.39 is 12.0 Å². The zero-order chi connectivity index (χ0) is 15.9. The summed E-state index contributed by atoms with van der Waals surface area (Å²) in [6, 6.07) is 9.94. The molecule has 0 bridgehead atoms. The van der Waals surface area contributed by atoms with Crippen LogP contribution in [0.25, 0.3) is 0 Å². The highest BCUT2D eigenvalue weighted by Crippen LogP contribution is 2.18. The van der Waals surface area contributed by atoms with Crippen LogP contribution in [0.2, 0.25) is 0 Å². The first-order valence-corrected chi connectivity index (χ1v) is 7.57. The minimum atomic E-state index is -0.735. The minimum absolute atomic E-state index is 0.371. The average molecular weight is 319 g/mol. The van der Waals surface area contributed by atoms with Crippen molar-refractivity contribution in [1.29, 1.82) is 0 Å². The molecule has 2 aromatic rings. The van der Waals surface area contributed by atoms with Gasteiger partial charge in [0.1, 0.15) is 11.8 Å². The van der Waals surface area contributed by atoms with Crippen molar-refractivity contribution in [3.8, 4) is 5.75 Å². The van der Waals surface area contributed by atoms with Crippen molar-refractivity contribution in [3.63, 3.8) is 0 Å². The van der Waals surface area contributed by atoms with Gasteiger partial charge in [0.05, 0.1) is 19.8 Å². The summed E-state index contributed by atoms with van der Waals surface area (Å²) in [5.41, 5.74) is 0.380. The molecule has 0 spiro atoms. The van der Waals surface area contributed by atoms with Crippen LogP contribution < -0.4 is 10.1 Å². The number of rotatable bonds is 6. The fourth-order valence-corrected chi connectivity index (χ4v) is 2.79. The molecule has 0 unspecified atom stereocenters. The van der Waals surface area contributed by atoms with Crippen molar-refractivity contribution in [2.24, 2.45) is 0 Å². The van der Waals surface area contributed by atoms with Gasteiger partial charge in [0.2, 0.25) is 0 Å². The van der Waals surface area contributed by atoms with Crippen LogP contribution in [0.15, 0.2) is 41.8 Å². The van der Waals surface area contributed by atoms with Gasteiger partial charge in [0.25, 0.3) is 5.91 Å². The van der Waals surface area contributed by atoms with Gasteiger partial charge in [-0.1, -0.05) is 18.2 Å². The van der Waals surface area contributed by atoms with Gasteiger partial charge in [-0.05, 0) is 23.6 Å². The summed E-state index contributed by atoms with van der Waals surface area (Å²) >= 11 is 1.53. The number of methoxy groups -OCH3 is 2. The monoisotopic (exact) mass is 319 g/mol. The first-order chi connectivity index (χ1) is 10.7. The predicted octanol–water partition coefficient (Wildman–Crippen LogP) is 2.27. The molecule has 0 radical (unpaired) electrons. The average Bonchev–Trinajstić information content (AvgIpc) is 3.06. The molecule has 1 aromatic carbocycles. The number of hydrogen-bond acceptors (Lipinski definition) is 5. The second-order valence-electron chi connectivity index (χ2n) is 4.53. The maximum absolute atomic E-state index is 12.4. The number of amides is 1. The molecule has 6 heteroatoms. The Labute approximate surface area is 132 Å². The van der Waals surface area contributed by atoms with Crippen LogP contribution in [0.4, 0.5) is 0 Å². The maximum Gasteiger partial charge on any atom is 0.328 e. The van der Waals surface area contributed by atoms with Crippen molar-refractivity contribution in [2.75, 3.05) is 14.2 Å². The number of benzene rings is 1. The molecule has 0 aliphatic heterocycles. The number of esters is 1. The van der Waals surface area contributed by atoms with Crippen molar-refractivity contribution < 1.29 is 19.1 Å². The highest BCUT2D eigenvalue weighted by atomic mass is 32.1. The van der Waals surface area contributed by atoms with E-state index in [2.05, 4.69) is 5.32 Å². The first-order valence-electron chi connectivity index (χ1n) is 6.69. The number of thiophene rings is 1. The normalized spacial score (nSPS) is 11.5. The summed E-state index contributed by atoms with van der Waals surface area (Å²) in [7, 11) is 2.80. The molecule has 0 aliphatic rings. The molecular formula is C16H17NO4S. The lowest BCUT2D eigenvalue weighted by atomic mass is 10.1. The number of ether oxygens (including phenoxy) is 2. The van der Waals surface area contributed by atoms with Crippen molar-refractivity contribution >= 4 is 23.2 Å². The molecule has 1 atom stereocenters. The van der Waals surface area contributed by atoms with E-state index in [9.17, 15) is 9.59 Å². The summed E-state index contributed by atoms with van der Waals surface area (Å²) in [5.74, 6) is -0.388. The van der Waals surface area contributed by atoms with E-state index >= 15 is 0 Å². The molecule has 5 nitrogen and oxygen atoms in total. The smallest absolute Gasteiger partial charge is 0.328 e. The molecule has 0 fully saturated rings. The Morgan fingerprint density at radius 1 is 1.18 bits per heavy atom. The van der Waals surface area contributed by atoms with E-state index in [1.165, 1.54) is 25.6 Å². The van der Waals surface area contributed by atoms with Gasteiger partial charge in [-0.25, -0.2) is 4.79 Å². The Hall–Kier alpha value is -2.34. The first kappa shape index (κ1) is 16.0. The Balaban J connectivity index is 2.15. The summed E-state index contributed by atoms with van der Waals surface area (Å²) < 4.78 is 9.94. The molecule has 1 N–H and O–H groups in total. The van der Waals surface area contributed by atoms with Crippen molar-refractivity contribution in [3.05, 3.63) is 52.2 Å². The zero-order valence-corrected chi connectivity index (χ0v) is 13.2. The number of nitrogens with one attached hydrogen (secondary N) is 1. The molecule has 0 saturated heterocycles.